The monoisotopic (exact) mass is 323 g/mol. The summed E-state index contributed by atoms with van der Waals surface area (Å²) in [4.78, 5) is 5.61. The van der Waals surface area contributed by atoms with Crippen LogP contribution in [0.1, 0.15) is 18.4 Å². The SMILES string of the molecule is CN=C(NCCSc1ccc(C)cc1)NCC1CCCS1. The van der Waals surface area contributed by atoms with E-state index in [2.05, 4.69) is 58.6 Å². The topological polar surface area (TPSA) is 36.4 Å². The predicted octanol–water partition coefficient (Wildman–Crippen LogP) is 3.15. The molecule has 0 aliphatic carbocycles. The Morgan fingerprint density at radius 1 is 1.33 bits per heavy atom. The summed E-state index contributed by atoms with van der Waals surface area (Å²) in [6, 6.07) is 8.69. The van der Waals surface area contributed by atoms with Gasteiger partial charge in [-0.3, -0.25) is 4.99 Å². The van der Waals surface area contributed by atoms with Crippen molar-refractivity contribution in [3.05, 3.63) is 29.8 Å². The van der Waals surface area contributed by atoms with Crippen molar-refractivity contribution in [3.63, 3.8) is 0 Å². The number of benzene rings is 1. The van der Waals surface area contributed by atoms with Crippen LogP contribution in [-0.2, 0) is 0 Å². The Morgan fingerprint density at radius 2 is 2.14 bits per heavy atom. The Balaban J connectivity index is 1.60. The van der Waals surface area contributed by atoms with Gasteiger partial charge in [0.2, 0.25) is 0 Å². The molecule has 1 unspecified atom stereocenters. The fourth-order valence-electron chi connectivity index (χ4n) is 2.21. The third-order valence-electron chi connectivity index (χ3n) is 3.43. The number of rotatable bonds is 6. The molecule has 0 spiro atoms. The minimum absolute atomic E-state index is 0.755. The predicted molar refractivity (Wildman–Crippen MR) is 96.7 cm³/mol. The van der Waals surface area contributed by atoms with Gasteiger partial charge in [0.1, 0.15) is 0 Å². The molecule has 0 aromatic heterocycles. The number of hydrogen-bond acceptors (Lipinski definition) is 3. The molecule has 0 saturated carbocycles. The number of nitrogens with zero attached hydrogens (tertiary/aromatic N) is 1. The molecule has 1 aliphatic heterocycles. The second kappa shape index (κ2) is 9.26. The molecule has 5 heteroatoms. The molecule has 1 aromatic carbocycles. The Kier molecular flexibility index (Phi) is 7.30. The van der Waals surface area contributed by atoms with Gasteiger partial charge >= 0.3 is 0 Å². The van der Waals surface area contributed by atoms with E-state index in [0.717, 1.165) is 30.1 Å². The Hall–Kier alpha value is -0.810. The zero-order chi connectivity index (χ0) is 14.9. The molecule has 0 radical (unpaired) electrons. The van der Waals surface area contributed by atoms with Crippen LogP contribution in [0.2, 0.25) is 0 Å². The molecule has 2 rings (SSSR count). The molecule has 1 aromatic rings. The fourth-order valence-corrected chi connectivity index (χ4v) is 4.18. The zero-order valence-electron chi connectivity index (χ0n) is 12.9. The maximum Gasteiger partial charge on any atom is 0.191 e. The van der Waals surface area contributed by atoms with Gasteiger partial charge in [-0.25, -0.2) is 0 Å². The van der Waals surface area contributed by atoms with Gasteiger partial charge in [-0.05, 0) is 37.7 Å². The molecule has 21 heavy (non-hydrogen) atoms. The Bertz CT molecular complexity index is 439. The molecule has 1 atom stereocenters. The van der Waals surface area contributed by atoms with E-state index in [1.165, 1.54) is 29.1 Å². The summed E-state index contributed by atoms with van der Waals surface area (Å²) in [6.07, 6.45) is 2.69. The van der Waals surface area contributed by atoms with Gasteiger partial charge in [-0.2, -0.15) is 11.8 Å². The van der Waals surface area contributed by atoms with Crippen molar-refractivity contribution in [1.29, 1.82) is 0 Å². The highest BCUT2D eigenvalue weighted by Crippen LogP contribution is 2.25. The number of guanidine groups is 1. The van der Waals surface area contributed by atoms with Crippen molar-refractivity contribution in [2.75, 3.05) is 31.6 Å². The third kappa shape index (κ3) is 6.22. The quantitative estimate of drug-likeness (QED) is 0.365. The van der Waals surface area contributed by atoms with E-state index in [4.69, 9.17) is 0 Å². The van der Waals surface area contributed by atoms with Crippen molar-refractivity contribution in [3.8, 4) is 0 Å². The minimum atomic E-state index is 0.755. The summed E-state index contributed by atoms with van der Waals surface area (Å²) in [5.74, 6) is 3.28. The van der Waals surface area contributed by atoms with Crippen molar-refractivity contribution < 1.29 is 0 Å². The highest BCUT2D eigenvalue weighted by Gasteiger charge is 2.15. The van der Waals surface area contributed by atoms with E-state index in [-0.39, 0.29) is 0 Å². The van der Waals surface area contributed by atoms with Gasteiger partial charge in [0.25, 0.3) is 0 Å². The van der Waals surface area contributed by atoms with Crippen molar-refractivity contribution in [2.24, 2.45) is 4.99 Å². The largest absolute Gasteiger partial charge is 0.356 e. The van der Waals surface area contributed by atoms with Crippen LogP contribution in [0.15, 0.2) is 34.2 Å². The molecule has 1 fully saturated rings. The van der Waals surface area contributed by atoms with E-state index >= 15 is 0 Å². The van der Waals surface area contributed by atoms with Crippen molar-refractivity contribution in [2.45, 2.75) is 29.9 Å². The van der Waals surface area contributed by atoms with E-state index in [1.807, 2.05) is 18.8 Å². The number of thioether (sulfide) groups is 2. The summed E-state index contributed by atoms with van der Waals surface area (Å²) in [6.45, 7) is 4.07. The van der Waals surface area contributed by atoms with Crippen LogP contribution in [0, 0.1) is 6.92 Å². The summed E-state index contributed by atoms with van der Waals surface area (Å²) >= 11 is 3.95. The van der Waals surface area contributed by atoms with Crippen molar-refractivity contribution >= 4 is 29.5 Å². The molecule has 3 nitrogen and oxygen atoms in total. The lowest BCUT2D eigenvalue weighted by Gasteiger charge is -2.14. The van der Waals surface area contributed by atoms with E-state index in [1.54, 1.807) is 0 Å². The van der Waals surface area contributed by atoms with Crippen LogP contribution < -0.4 is 10.6 Å². The van der Waals surface area contributed by atoms with E-state index in [9.17, 15) is 0 Å². The van der Waals surface area contributed by atoms with Gasteiger partial charge in [-0.1, -0.05) is 17.7 Å². The first-order valence-corrected chi connectivity index (χ1v) is 9.57. The molecule has 1 saturated heterocycles. The average molecular weight is 324 g/mol. The molecule has 1 heterocycles. The van der Waals surface area contributed by atoms with Crippen LogP contribution in [0.3, 0.4) is 0 Å². The smallest absolute Gasteiger partial charge is 0.191 e. The molecule has 116 valence electrons. The fraction of sp³-hybridized carbons (Fsp3) is 0.562. The van der Waals surface area contributed by atoms with Gasteiger partial charge in [0.05, 0.1) is 0 Å². The lowest BCUT2D eigenvalue weighted by atomic mass is 10.2. The first-order chi connectivity index (χ1) is 10.3. The van der Waals surface area contributed by atoms with Crippen LogP contribution in [-0.4, -0.2) is 42.9 Å². The molecular formula is C16H25N3S2. The zero-order valence-corrected chi connectivity index (χ0v) is 14.5. The molecule has 1 aliphatic rings. The molecular weight excluding hydrogens is 298 g/mol. The number of aliphatic imine (C=N–C) groups is 1. The highest BCUT2D eigenvalue weighted by molar-refractivity contribution is 8.00. The second-order valence-corrected chi connectivity index (χ2v) is 7.75. The average Bonchev–Trinajstić information content (AvgIpc) is 3.02. The number of nitrogens with one attached hydrogen (secondary N) is 2. The maximum absolute atomic E-state index is 4.28. The van der Waals surface area contributed by atoms with Gasteiger partial charge < -0.3 is 10.6 Å². The van der Waals surface area contributed by atoms with Crippen molar-refractivity contribution in [1.82, 2.24) is 10.6 Å². The number of aryl methyl sites for hydroxylation is 1. The highest BCUT2D eigenvalue weighted by atomic mass is 32.2. The molecule has 0 bridgehead atoms. The van der Waals surface area contributed by atoms with Crippen LogP contribution in [0.25, 0.3) is 0 Å². The number of hydrogen-bond donors (Lipinski definition) is 2. The van der Waals surface area contributed by atoms with Crippen LogP contribution in [0.5, 0.6) is 0 Å². The van der Waals surface area contributed by atoms with Gasteiger partial charge in [-0.15, -0.1) is 11.8 Å². The van der Waals surface area contributed by atoms with Crippen LogP contribution >= 0.6 is 23.5 Å². The molecule has 2 N–H and O–H groups in total. The first-order valence-electron chi connectivity index (χ1n) is 7.53. The van der Waals surface area contributed by atoms with Crippen LogP contribution in [0.4, 0.5) is 0 Å². The lowest BCUT2D eigenvalue weighted by molar-refractivity contribution is 0.731. The van der Waals surface area contributed by atoms with E-state index < -0.39 is 0 Å². The Morgan fingerprint density at radius 3 is 2.81 bits per heavy atom. The lowest BCUT2D eigenvalue weighted by Crippen LogP contribution is -2.41. The summed E-state index contributed by atoms with van der Waals surface area (Å²) in [5.41, 5.74) is 1.31. The van der Waals surface area contributed by atoms with Gasteiger partial charge in [0, 0.05) is 36.0 Å². The van der Waals surface area contributed by atoms with E-state index in [0.29, 0.717) is 0 Å². The van der Waals surface area contributed by atoms with Gasteiger partial charge in [0.15, 0.2) is 5.96 Å². The summed E-state index contributed by atoms with van der Waals surface area (Å²) in [5, 5.41) is 7.57. The maximum atomic E-state index is 4.28. The second-order valence-electron chi connectivity index (χ2n) is 5.18. The Labute approximate surface area is 136 Å². The third-order valence-corrected chi connectivity index (χ3v) is 5.84. The minimum Gasteiger partial charge on any atom is -0.356 e. The summed E-state index contributed by atoms with van der Waals surface area (Å²) < 4.78 is 0. The first kappa shape index (κ1) is 16.6. The standard InChI is InChI=1S/C16H25N3S2/c1-13-5-7-14(8-6-13)21-11-9-18-16(17-2)19-12-15-4-3-10-20-15/h5-8,15H,3-4,9-12H2,1-2H3,(H2,17,18,19). The summed E-state index contributed by atoms with van der Waals surface area (Å²) in [7, 11) is 1.84. The normalized spacial score (nSPS) is 18.8. The molecule has 0 amide bonds.